The zero-order chi connectivity index (χ0) is 18.5. The van der Waals surface area contributed by atoms with Gasteiger partial charge in [-0.1, -0.05) is 30.3 Å². The number of nitrogens with zero attached hydrogens (tertiary/aromatic N) is 2. The molecule has 142 valence electrons. The predicted octanol–water partition coefficient (Wildman–Crippen LogP) is 0.954. The first kappa shape index (κ1) is 18.5. The molecule has 2 aromatic rings. The van der Waals surface area contributed by atoms with E-state index in [2.05, 4.69) is 52.0 Å². The Hall–Kier alpha value is -1.86. The summed E-state index contributed by atoms with van der Waals surface area (Å²) >= 11 is 1.50. The number of hydrogen-bond acceptors (Lipinski definition) is 6. The predicted molar refractivity (Wildman–Crippen MR) is 110 cm³/mol. The van der Waals surface area contributed by atoms with Crippen LogP contribution in [0.15, 0.2) is 40.8 Å². The van der Waals surface area contributed by atoms with Crippen molar-refractivity contribution in [2.75, 3.05) is 50.9 Å². The van der Waals surface area contributed by atoms with Gasteiger partial charge in [0, 0.05) is 59.7 Å². The van der Waals surface area contributed by atoms with Gasteiger partial charge in [-0.25, -0.2) is 4.40 Å². The molecular weight excluding hydrogens is 358 g/mol. The molecule has 6 heteroatoms. The monoisotopic (exact) mass is 383 g/mol. The first-order valence-electron chi connectivity index (χ1n) is 9.48. The number of aliphatic hydroxyl groups excluding tert-OH is 1. The summed E-state index contributed by atoms with van der Waals surface area (Å²) in [4.78, 5) is 2.47. The quantitative estimate of drug-likeness (QED) is 0.575. The lowest BCUT2D eigenvalue weighted by Crippen LogP contribution is -2.44. The molecule has 2 N–H and O–H groups in total. The molecule has 0 atom stereocenters. The Bertz CT molecular complexity index is 1000. The third-order valence-corrected chi connectivity index (χ3v) is 5.64. The van der Waals surface area contributed by atoms with Gasteiger partial charge in [-0.15, -0.1) is 0 Å². The van der Waals surface area contributed by atoms with Crippen LogP contribution in [0.25, 0.3) is 5.41 Å². The van der Waals surface area contributed by atoms with Crippen molar-refractivity contribution in [2.45, 2.75) is 6.42 Å². The summed E-state index contributed by atoms with van der Waals surface area (Å²) in [6.07, 6.45) is 0.790. The summed E-state index contributed by atoms with van der Waals surface area (Å²) in [6.45, 7) is 5.10. The van der Waals surface area contributed by atoms with Crippen LogP contribution in [0.5, 0.6) is 0 Å². The number of ether oxygens (including phenoxy) is 1. The van der Waals surface area contributed by atoms with E-state index < -0.39 is 0 Å². The van der Waals surface area contributed by atoms with E-state index in [0.29, 0.717) is 13.2 Å². The number of piperazine rings is 1. The number of anilines is 1. The Morgan fingerprint density at radius 3 is 2.81 bits per heavy atom. The van der Waals surface area contributed by atoms with Crippen molar-refractivity contribution >= 4 is 23.0 Å². The van der Waals surface area contributed by atoms with Crippen LogP contribution in [0.2, 0.25) is 0 Å². The molecular formula is C21H25N3O2S. The Labute approximate surface area is 163 Å². The molecule has 1 saturated heterocycles. The molecule has 4 rings (SSSR count). The molecule has 0 unspecified atom stereocenters. The summed E-state index contributed by atoms with van der Waals surface area (Å²) in [7, 11) is 0. The molecule has 0 aliphatic carbocycles. The molecule has 2 aliphatic heterocycles. The average Bonchev–Trinajstić information content (AvgIpc) is 2.92. The molecule has 0 radical (unpaired) electrons. The lowest BCUT2D eigenvalue weighted by molar-refractivity contribution is 0.0943. The highest BCUT2D eigenvalue weighted by molar-refractivity contribution is 8.05. The van der Waals surface area contributed by atoms with Crippen LogP contribution >= 0.6 is 11.9 Å². The van der Waals surface area contributed by atoms with Crippen molar-refractivity contribution in [3.63, 3.8) is 0 Å². The molecule has 2 aliphatic rings. The maximum atomic E-state index is 8.90. The molecule has 27 heavy (non-hydrogen) atoms. The van der Waals surface area contributed by atoms with E-state index in [1.807, 2.05) is 0 Å². The fourth-order valence-corrected chi connectivity index (χ4v) is 4.39. The first-order valence-corrected chi connectivity index (χ1v) is 10.3. The van der Waals surface area contributed by atoms with Gasteiger partial charge in [0.25, 0.3) is 0 Å². The van der Waals surface area contributed by atoms with Crippen LogP contribution in [0, 0.1) is 10.4 Å². The first-order chi connectivity index (χ1) is 13.4. The van der Waals surface area contributed by atoms with Gasteiger partial charge in [0.2, 0.25) is 0 Å². The topological polar surface area (TPSA) is 57.1 Å². The minimum Gasteiger partial charge on any atom is -0.394 e. The summed E-state index contributed by atoms with van der Waals surface area (Å²) in [5.74, 6) is 0. The Morgan fingerprint density at radius 2 is 1.96 bits per heavy atom. The van der Waals surface area contributed by atoms with Gasteiger partial charge in [-0.3, -0.25) is 0 Å². The van der Waals surface area contributed by atoms with Crippen molar-refractivity contribution in [1.29, 1.82) is 0 Å². The SMILES string of the molecule is OCCOCCc1cccc2c1=NSC=c1cccc(N3CCNCC3)c1=2. The largest absolute Gasteiger partial charge is 0.394 e. The summed E-state index contributed by atoms with van der Waals surface area (Å²) in [5.41, 5.74) is 2.48. The second kappa shape index (κ2) is 8.89. The third-order valence-electron chi connectivity index (χ3n) is 5.00. The Balaban J connectivity index is 1.87. The molecule has 1 fully saturated rings. The van der Waals surface area contributed by atoms with E-state index in [-0.39, 0.29) is 6.61 Å². The van der Waals surface area contributed by atoms with Gasteiger partial charge in [-0.2, -0.15) is 0 Å². The molecule has 0 bridgehead atoms. The highest BCUT2D eigenvalue weighted by Gasteiger charge is 2.13. The second-order valence-electron chi connectivity index (χ2n) is 6.69. The summed E-state index contributed by atoms with van der Waals surface area (Å²) in [5, 5.41) is 19.2. The molecule has 0 saturated carbocycles. The van der Waals surface area contributed by atoms with Crippen LogP contribution in [-0.2, 0) is 11.2 Å². The number of aliphatic hydroxyl groups is 1. The van der Waals surface area contributed by atoms with Crippen LogP contribution in [0.4, 0.5) is 5.69 Å². The zero-order valence-corrected chi connectivity index (χ0v) is 16.2. The Morgan fingerprint density at radius 1 is 1.11 bits per heavy atom. The van der Waals surface area contributed by atoms with Gasteiger partial charge in [0.05, 0.1) is 25.2 Å². The number of benzene rings is 2. The van der Waals surface area contributed by atoms with Crippen molar-refractivity contribution in [2.24, 2.45) is 4.40 Å². The van der Waals surface area contributed by atoms with Gasteiger partial charge >= 0.3 is 0 Å². The average molecular weight is 384 g/mol. The second-order valence-corrected chi connectivity index (χ2v) is 7.32. The standard InChI is InChI=1S/C21H25N3O2S/c25-12-14-26-13-7-16-3-1-5-18-20-17(15-27-23-21(16)18)4-2-6-19(20)24-10-8-22-9-11-24/h1-6,15,22,25H,7-14H2. The van der Waals surface area contributed by atoms with Gasteiger partial charge in [0.1, 0.15) is 0 Å². The van der Waals surface area contributed by atoms with E-state index in [9.17, 15) is 0 Å². The highest BCUT2D eigenvalue weighted by atomic mass is 32.2. The van der Waals surface area contributed by atoms with Crippen LogP contribution in [0.3, 0.4) is 0 Å². The number of hydrogen-bond donors (Lipinski definition) is 2. The highest BCUT2D eigenvalue weighted by Crippen LogP contribution is 2.17. The lowest BCUT2D eigenvalue weighted by Gasteiger charge is -2.30. The van der Waals surface area contributed by atoms with E-state index in [0.717, 1.165) is 38.0 Å². The number of fused-ring (bicyclic) bond motifs is 2. The lowest BCUT2D eigenvalue weighted by atomic mass is 10.1. The summed E-state index contributed by atoms with van der Waals surface area (Å²) < 4.78 is 10.3. The van der Waals surface area contributed by atoms with Gasteiger partial charge in [-0.05, 0) is 23.3 Å². The fraction of sp³-hybridized carbons (Fsp3) is 0.381. The molecule has 2 heterocycles. The van der Waals surface area contributed by atoms with E-state index >= 15 is 0 Å². The molecule has 5 nitrogen and oxygen atoms in total. The van der Waals surface area contributed by atoms with Crippen molar-refractivity contribution in [3.05, 3.63) is 63.0 Å². The van der Waals surface area contributed by atoms with E-state index in [1.165, 1.54) is 38.9 Å². The smallest absolute Gasteiger partial charge is 0.0829 e. The number of rotatable bonds is 6. The molecule has 0 spiro atoms. The Kier molecular flexibility index (Phi) is 6.09. The third kappa shape index (κ3) is 4.04. The normalized spacial score (nSPS) is 16.0. The van der Waals surface area contributed by atoms with Crippen molar-refractivity contribution < 1.29 is 9.84 Å². The molecule has 0 amide bonds. The maximum Gasteiger partial charge on any atom is 0.0829 e. The van der Waals surface area contributed by atoms with E-state index in [4.69, 9.17) is 14.2 Å². The van der Waals surface area contributed by atoms with E-state index in [1.54, 1.807) is 0 Å². The molecule has 0 aromatic heterocycles. The van der Waals surface area contributed by atoms with Crippen LogP contribution < -0.4 is 20.8 Å². The maximum absolute atomic E-state index is 8.90. The van der Waals surface area contributed by atoms with Crippen molar-refractivity contribution in [3.8, 4) is 0 Å². The van der Waals surface area contributed by atoms with Gasteiger partial charge < -0.3 is 20.1 Å². The zero-order valence-electron chi connectivity index (χ0n) is 15.4. The number of nitrogens with one attached hydrogen (secondary N) is 1. The van der Waals surface area contributed by atoms with Crippen LogP contribution in [0.1, 0.15) is 5.56 Å². The fourth-order valence-electron chi connectivity index (χ4n) is 3.71. The van der Waals surface area contributed by atoms with Gasteiger partial charge in [0.15, 0.2) is 0 Å². The minimum atomic E-state index is 0.0590. The van der Waals surface area contributed by atoms with Crippen LogP contribution in [-0.4, -0.2) is 51.1 Å². The summed E-state index contributed by atoms with van der Waals surface area (Å²) in [6, 6.07) is 13.0. The minimum absolute atomic E-state index is 0.0590. The van der Waals surface area contributed by atoms with Crippen molar-refractivity contribution in [1.82, 2.24) is 5.32 Å². The molecule has 2 aromatic carbocycles.